The summed E-state index contributed by atoms with van der Waals surface area (Å²) in [4.78, 5) is 15.0. The first kappa shape index (κ1) is 27.8. The Morgan fingerprint density at radius 3 is 2.71 bits per heavy atom. The molecule has 4 heterocycles. The number of anilines is 2. The fraction of sp³-hybridized carbons (Fsp3) is 0.207. The van der Waals surface area contributed by atoms with Gasteiger partial charge in [0.1, 0.15) is 41.8 Å². The summed E-state index contributed by atoms with van der Waals surface area (Å²) in [5.41, 5.74) is 0.511. The second kappa shape index (κ2) is 11.5. The van der Waals surface area contributed by atoms with Crippen LogP contribution in [0.4, 0.5) is 29.1 Å². The zero-order valence-electron chi connectivity index (χ0n) is 21.9. The predicted molar refractivity (Wildman–Crippen MR) is 149 cm³/mol. The number of alkyl halides is 3. The van der Waals surface area contributed by atoms with E-state index < -0.39 is 28.4 Å². The summed E-state index contributed by atoms with van der Waals surface area (Å²) in [5, 5.41) is 3.48. The largest absolute Gasteiger partial charge is 0.488 e. The summed E-state index contributed by atoms with van der Waals surface area (Å²) in [7, 11) is -0.840. The van der Waals surface area contributed by atoms with Crippen LogP contribution in [0.3, 0.4) is 0 Å². The van der Waals surface area contributed by atoms with Crippen LogP contribution in [-0.2, 0) is 30.1 Å². The predicted octanol–water partition coefficient (Wildman–Crippen LogP) is 6.29. The quantitative estimate of drug-likeness (QED) is 0.209. The number of aromatic nitrogens is 3. The van der Waals surface area contributed by atoms with Gasteiger partial charge in [0.25, 0.3) is 0 Å². The molecule has 6 rings (SSSR count). The maximum absolute atomic E-state index is 14.0. The fourth-order valence-corrected chi connectivity index (χ4v) is 5.80. The number of nitrogens with one attached hydrogen (secondary N) is 1. The summed E-state index contributed by atoms with van der Waals surface area (Å²) >= 11 is 0. The van der Waals surface area contributed by atoms with Gasteiger partial charge in [-0.1, -0.05) is 12.1 Å². The Morgan fingerprint density at radius 2 is 1.93 bits per heavy atom. The Kier molecular flexibility index (Phi) is 7.60. The van der Waals surface area contributed by atoms with Crippen LogP contribution in [0.5, 0.6) is 5.75 Å². The first-order valence-corrected chi connectivity index (χ1v) is 14.3. The zero-order chi connectivity index (χ0) is 29.3. The first-order valence-electron chi connectivity index (χ1n) is 12.8. The highest BCUT2D eigenvalue weighted by molar-refractivity contribution is 7.85. The van der Waals surface area contributed by atoms with Crippen LogP contribution < -0.4 is 10.1 Å². The van der Waals surface area contributed by atoms with Crippen molar-refractivity contribution in [2.24, 2.45) is 0 Å². The molecule has 216 valence electrons. The molecule has 5 aromatic rings. The minimum atomic E-state index is -4.71. The molecule has 1 saturated heterocycles. The molecule has 1 fully saturated rings. The molecule has 0 spiro atoms. The van der Waals surface area contributed by atoms with Gasteiger partial charge in [0, 0.05) is 34.2 Å². The summed E-state index contributed by atoms with van der Waals surface area (Å²) in [6.07, 6.45) is -1.88. The van der Waals surface area contributed by atoms with Crippen LogP contribution >= 0.6 is 0 Å². The average molecular weight is 598 g/mol. The Balaban J connectivity index is 1.25. The van der Waals surface area contributed by atoms with E-state index in [4.69, 9.17) is 9.15 Å². The number of hydrogen-bond donors (Lipinski definition) is 1. The van der Waals surface area contributed by atoms with Crippen molar-refractivity contribution in [3.63, 3.8) is 0 Å². The van der Waals surface area contributed by atoms with E-state index in [0.29, 0.717) is 51.9 Å². The van der Waals surface area contributed by atoms with Crippen molar-refractivity contribution in [1.82, 2.24) is 19.9 Å². The molecule has 42 heavy (non-hydrogen) atoms. The minimum absolute atomic E-state index is 0.127. The molecule has 1 N–H and O–H groups in total. The smallest absolute Gasteiger partial charge is 0.420 e. The summed E-state index contributed by atoms with van der Waals surface area (Å²) < 4.78 is 78.4. The van der Waals surface area contributed by atoms with E-state index in [0.717, 1.165) is 12.6 Å². The van der Waals surface area contributed by atoms with E-state index in [9.17, 15) is 21.8 Å². The van der Waals surface area contributed by atoms with Gasteiger partial charge in [-0.3, -0.25) is 14.1 Å². The summed E-state index contributed by atoms with van der Waals surface area (Å²) in [6.45, 7) is 1.03. The second-order valence-electron chi connectivity index (χ2n) is 9.65. The van der Waals surface area contributed by atoms with E-state index in [1.165, 1.54) is 42.9 Å². The summed E-state index contributed by atoms with van der Waals surface area (Å²) in [6, 6.07) is 14.4. The third kappa shape index (κ3) is 6.26. The lowest BCUT2D eigenvalue weighted by Crippen LogP contribution is -2.18. The normalized spacial score (nSPS) is 15.8. The number of fused-ring (bicyclic) bond motifs is 1. The number of hydrogen-bond acceptors (Lipinski definition) is 8. The fourth-order valence-electron chi connectivity index (χ4n) is 4.58. The zero-order valence-corrected chi connectivity index (χ0v) is 22.7. The van der Waals surface area contributed by atoms with Gasteiger partial charge in [0.05, 0.1) is 29.7 Å². The van der Waals surface area contributed by atoms with Crippen LogP contribution in [0.1, 0.15) is 16.9 Å². The van der Waals surface area contributed by atoms with Gasteiger partial charge >= 0.3 is 6.18 Å². The number of furan rings is 1. The number of pyridine rings is 1. The van der Waals surface area contributed by atoms with E-state index in [1.807, 2.05) is 6.07 Å². The van der Waals surface area contributed by atoms with E-state index in [-0.39, 0.29) is 23.9 Å². The molecule has 0 aliphatic carbocycles. The summed E-state index contributed by atoms with van der Waals surface area (Å²) in [5.74, 6) is 1.74. The molecule has 8 nitrogen and oxygen atoms in total. The molecule has 0 bridgehead atoms. The molecule has 2 aromatic carbocycles. The Bertz CT molecular complexity index is 1780. The number of benzene rings is 2. The third-order valence-corrected chi connectivity index (χ3v) is 7.90. The maximum atomic E-state index is 14.0. The monoisotopic (exact) mass is 597 g/mol. The molecule has 3 aromatic heterocycles. The standard InChI is InChI=1S/C29H23F4N5O3S/c30-19-3-1-2-18(10-19)15-40-26-6-4-20(11-23(26)29(31,32)33)37-28-22-12-24(34-13-25(22)35-16-36-28)27-7-5-21(41-27)14-38-8-9-42(39)17-38/h1-7,10-13,16H,8-9,14-15,17H2,(H,35,36,37). The van der Waals surface area contributed by atoms with Gasteiger partial charge in [-0.2, -0.15) is 13.2 Å². The molecule has 1 atom stereocenters. The van der Waals surface area contributed by atoms with Crippen molar-refractivity contribution in [2.75, 3.05) is 23.5 Å². The Morgan fingerprint density at radius 1 is 1.05 bits per heavy atom. The highest BCUT2D eigenvalue weighted by atomic mass is 32.2. The van der Waals surface area contributed by atoms with Crippen molar-refractivity contribution >= 4 is 33.2 Å². The van der Waals surface area contributed by atoms with E-state index in [2.05, 4.69) is 25.2 Å². The van der Waals surface area contributed by atoms with Gasteiger partial charge in [0.15, 0.2) is 5.76 Å². The number of nitrogens with zero attached hydrogens (tertiary/aromatic N) is 4. The molecule has 0 amide bonds. The number of rotatable bonds is 8. The third-order valence-electron chi connectivity index (χ3n) is 6.61. The van der Waals surface area contributed by atoms with Gasteiger partial charge < -0.3 is 14.5 Å². The lowest BCUT2D eigenvalue weighted by atomic mass is 10.1. The molecule has 0 saturated carbocycles. The Labute approximate surface area is 239 Å². The molecule has 1 unspecified atom stereocenters. The maximum Gasteiger partial charge on any atom is 0.420 e. The molecular formula is C29H23F4N5O3S. The van der Waals surface area contributed by atoms with Crippen LogP contribution in [0.15, 0.2) is 77.6 Å². The average Bonchev–Trinajstić information content (AvgIpc) is 3.60. The lowest BCUT2D eigenvalue weighted by molar-refractivity contribution is -0.139. The molecule has 1 aliphatic rings. The van der Waals surface area contributed by atoms with Crippen LogP contribution in [-0.4, -0.2) is 42.2 Å². The van der Waals surface area contributed by atoms with Crippen molar-refractivity contribution in [3.8, 4) is 17.2 Å². The highest BCUT2D eigenvalue weighted by Gasteiger charge is 2.35. The van der Waals surface area contributed by atoms with Crippen LogP contribution in [0.25, 0.3) is 22.4 Å². The van der Waals surface area contributed by atoms with Gasteiger partial charge in [-0.15, -0.1) is 0 Å². The minimum Gasteiger partial charge on any atom is -0.488 e. The van der Waals surface area contributed by atoms with Crippen LogP contribution in [0.2, 0.25) is 0 Å². The van der Waals surface area contributed by atoms with Crippen LogP contribution in [0, 0.1) is 5.82 Å². The SMILES string of the molecule is O=S1CCN(Cc2ccc(-c3cc4c(Nc5ccc(OCc6cccc(F)c6)c(C(F)(F)F)c5)ncnc4cn3)o2)C1. The lowest BCUT2D eigenvalue weighted by Gasteiger charge is -2.16. The van der Waals surface area contributed by atoms with Crippen molar-refractivity contribution in [2.45, 2.75) is 19.3 Å². The Hall–Kier alpha value is -4.36. The number of ether oxygens (including phenoxy) is 1. The van der Waals surface area contributed by atoms with Gasteiger partial charge in [0.2, 0.25) is 0 Å². The number of halogens is 4. The van der Waals surface area contributed by atoms with E-state index in [1.54, 1.807) is 18.2 Å². The second-order valence-corrected chi connectivity index (χ2v) is 11.2. The van der Waals surface area contributed by atoms with Crippen molar-refractivity contribution < 1.29 is 30.9 Å². The first-order chi connectivity index (χ1) is 20.2. The van der Waals surface area contributed by atoms with E-state index >= 15 is 0 Å². The topological polar surface area (TPSA) is 93.4 Å². The molecule has 1 aliphatic heterocycles. The molecule has 0 radical (unpaired) electrons. The molecular weight excluding hydrogens is 574 g/mol. The molecule has 13 heteroatoms. The van der Waals surface area contributed by atoms with Gasteiger partial charge in [-0.25, -0.2) is 14.4 Å². The van der Waals surface area contributed by atoms with Crippen molar-refractivity contribution in [3.05, 3.63) is 95.9 Å². The highest BCUT2D eigenvalue weighted by Crippen LogP contribution is 2.39. The van der Waals surface area contributed by atoms with Gasteiger partial charge in [-0.05, 0) is 54.1 Å². The van der Waals surface area contributed by atoms with Crippen molar-refractivity contribution in [1.29, 1.82) is 0 Å².